The van der Waals surface area contributed by atoms with E-state index in [1.807, 2.05) is 6.92 Å². The van der Waals surface area contributed by atoms with Crippen LogP contribution in [-0.2, 0) is 6.18 Å². The third kappa shape index (κ3) is 3.26. The van der Waals surface area contributed by atoms with Crippen LogP contribution in [0, 0.1) is 18.3 Å². The van der Waals surface area contributed by atoms with Gasteiger partial charge in [-0.3, -0.25) is 0 Å². The van der Waals surface area contributed by atoms with Crippen LogP contribution in [0.3, 0.4) is 0 Å². The van der Waals surface area contributed by atoms with Crippen molar-refractivity contribution in [2.24, 2.45) is 0 Å². The van der Waals surface area contributed by atoms with Gasteiger partial charge in [0.25, 0.3) is 0 Å². The normalized spacial score (nSPS) is 11.0. The standard InChI is InChI=1S/C15H11F3N2O/c1-9-2-4-12(20)14(6-9)21-13-5-3-11(15(16,17)18)7-10(13)8-19/h2-7H,20H2,1H3. The first-order chi connectivity index (χ1) is 9.81. The minimum atomic E-state index is -4.51. The van der Waals surface area contributed by atoms with Crippen molar-refractivity contribution in [2.45, 2.75) is 13.1 Å². The first kappa shape index (κ1) is 14.7. The molecule has 0 aliphatic heterocycles. The van der Waals surface area contributed by atoms with Crippen molar-refractivity contribution in [3.05, 3.63) is 53.1 Å². The molecule has 108 valence electrons. The number of aryl methyl sites for hydroxylation is 1. The molecule has 0 heterocycles. The molecule has 2 aromatic rings. The van der Waals surface area contributed by atoms with Gasteiger partial charge in [-0.25, -0.2) is 0 Å². The summed E-state index contributed by atoms with van der Waals surface area (Å²) in [6.45, 7) is 1.82. The van der Waals surface area contributed by atoms with Crippen LogP contribution < -0.4 is 10.5 Å². The predicted octanol–water partition coefficient (Wildman–Crippen LogP) is 4.26. The lowest BCUT2D eigenvalue weighted by Gasteiger charge is -2.12. The highest BCUT2D eigenvalue weighted by Crippen LogP contribution is 2.35. The maximum Gasteiger partial charge on any atom is 0.416 e. The molecule has 0 unspecified atom stereocenters. The number of halogens is 3. The van der Waals surface area contributed by atoms with Gasteiger partial charge in [-0.05, 0) is 42.8 Å². The summed E-state index contributed by atoms with van der Waals surface area (Å²) < 4.78 is 43.3. The van der Waals surface area contributed by atoms with E-state index in [0.717, 1.165) is 23.8 Å². The quantitative estimate of drug-likeness (QED) is 0.841. The van der Waals surface area contributed by atoms with E-state index in [-0.39, 0.29) is 11.3 Å². The van der Waals surface area contributed by atoms with Crippen molar-refractivity contribution in [3.8, 4) is 17.6 Å². The first-order valence-corrected chi connectivity index (χ1v) is 5.96. The van der Waals surface area contributed by atoms with E-state index in [2.05, 4.69) is 0 Å². The Hall–Kier alpha value is -2.68. The Morgan fingerprint density at radius 3 is 2.43 bits per heavy atom. The molecular formula is C15H11F3N2O. The van der Waals surface area contributed by atoms with Gasteiger partial charge in [-0.2, -0.15) is 18.4 Å². The number of benzene rings is 2. The zero-order chi connectivity index (χ0) is 15.6. The number of anilines is 1. The number of nitrogens with two attached hydrogens (primary N) is 1. The number of ether oxygens (including phenoxy) is 1. The molecule has 0 aromatic heterocycles. The third-order valence-corrected chi connectivity index (χ3v) is 2.82. The lowest BCUT2D eigenvalue weighted by molar-refractivity contribution is -0.137. The van der Waals surface area contributed by atoms with E-state index >= 15 is 0 Å². The van der Waals surface area contributed by atoms with Crippen LogP contribution in [0.1, 0.15) is 16.7 Å². The molecule has 0 fully saturated rings. The summed E-state index contributed by atoms with van der Waals surface area (Å²) in [7, 11) is 0. The molecule has 0 saturated carbocycles. The zero-order valence-electron chi connectivity index (χ0n) is 11.0. The topological polar surface area (TPSA) is 59.0 Å². The second kappa shape index (κ2) is 5.37. The molecule has 6 heteroatoms. The Labute approximate surface area is 119 Å². The number of nitrogen functional groups attached to an aromatic ring is 1. The van der Waals surface area contributed by atoms with Crippen molar-refractivity contribution >= 4 is 5.69 Å². The van der Waals surface area contributed by atoms with Gasteiger partial charge < -0.3 is 10.5 Å². The Kier molecular flexibility index (Phi) is 3.76. The SMILES string of the molecule is Cc1ccc(N)c(Oc2ccc(C(F)(F)F)cc2C#N)c1. The number of alkyl halides is 3. The van der Waals surface area contributed by atoms with E-state index < -0.39 is 11.7 Å². The van der Waals surface area contributed by atoms with E-state index in [1.54, 1.807) is 24.3 Å². The summed E-state index contributed by atoms with van der Waals surface area (Å²) in [6.07, 6.45) is -4.51. The number of hydrogen-bond acceptors (Lipinski definition) is 3. The smallest absolute Gasteiger partial charge is 0.416 e. The Morgan fingerprint density at radius 2 is 1.81 bits per heavy atom. The molecule has 3 nitrogen and oxygen atoms in total. The summed E-state index contributed by atoms with van der Waals surface area (Å²) in [5.74, 6) is 0.328. The van der Waals surface area contributed by atoms with Gasteiger partial charge in [0.1, 0.15) is 11.8 Å². The minimum Gasteiger partial charge on any atom is -0.454 e. The maximum absolute atomic E-state index is 12.6. The zero-order valence-corrected chi connectivity index (χ0v) is 11.0. The Balaban J connectivity index is 2.41. The van der Waals surface area contributed by atoms with Crippen LogP contribution >= 0.6 is 0 Å². The van der Waals surface area contributed by atoms with Crippen molar-refractivity contribution in [1.29, 1.82) is 5.26 Å². The predicted molar refractivity (Wildman–Crippen MR) is 71.8 cm³/mol. The van der Waals surface area contributed by atoms with E-state index in [1.165, 1.54) is 0 Å². The van der Waals surface area contributed by atoms with Crippen LogP contribution in [0.5, 0.6) is 11.5 Å². The van der Waals surface area contributed by atoms with Crippen LogP contribution in [-0.4, -0.2) is 0 Å². The van der Waals surface area contributed by atoms with Crippen molar-refractivity contribution < 1.29 is 17.9 Å². The number of nitrogens with zero attached hydrogens (tertiary/aromatic N) is 1. The fourth-order valence-electron chi connectivity index (χ4n) is 1.73. The van der Waals surface area contributed by atoms with E-state index in [4.69, 9.17) is 15.7 Å². The van der Waals surface area contributed by atoms with E-state index in [0.29, 0.717) is 11.4 Å². The van der Waals surface area contributed by atoms with Crippen molar-refractivity contribution in [3.63, 3.8) is 0 Å². The van der Waals surface area contributed by atoms with Crippen LogP contribution in [0.2, 0.25) is 0 Å². The highest BCUT2D eigenvalue weighted by atomic mass is 19.4. The number of rotatable bonds is 2. The molecule has 2 aromatic carbocycles. The molecule has 0 spiro atoms. The van der Waals surface area contributed by atoms with Gasteiger partial charge in [0, 0.05) is 0 Å². The van der Waals surface area contributed by atoms with Gasteiger partial charge in [0.15, 0.2) is 5.75 Å². The van der Waals surface area contributed by atoms with Crippen LogP contribution in [0.25, 0.3) is 0 Å². The van der Waals surface area contributed by atoms with Gasteiger partial charge in [0.05, 0.1) is 16.8 Å². The second-order valence-electron chi connectivity index (χ2n) is 4.46. The molecule has 0 radical (unpaired) electrons. The molecule has 0 aliphatic carbocycles. The molecule has 21 heavy (non-hydrogen) atoms. The fraction of sp³-hybridized carbons (Fsp3) is 0.133. The lowest BCUT2D eigenvalue weighted by Crippen LogP contribution is -2.05. The fourth-order valence-corrected chi connectivity index (χ4v) is 1.73. The van der Waals surface area contributed by atoms with Crippen molar-refractivity contribution in [1.82, 2.24) is 0 Å². The Morgan fingerprint density at radius 1 is 1.10 bits per heavy atom. The molecule has 0 aliphatic rings. The second-order valence-corrected chi connectivity index (χ2v) is 4.46. The maximum atomic E-state index is 12.6. The van der Waals surface area contributed by atoms with Gasteiger partial charge in [-0.15, -0.1) is 0 Å². The molecular weight excluding hydrogens is 281 g/mol. The summed E-state index contributed by atoms with van der Waals surface area (Å²) in [5.41, 5.74) is 5.85. The summed E-state index contributed by atoms with van der Waals surface area (Å²) in [5, 5.41) is 8.98. The highest BCUT2D eigenvalue weighted by molar-refractivity contribution is 5.57. The summed E-state index contributed by atoms with van der Waals surface area (Å²) in [6, 6.07) is 9.48. The monoisotopic (exact) mass is 292 g/mol. The number of nitriles is 1. The largest absolute Gasteiger partial charge is 0.454 e. The molecule has 0 bridgehead atoms. The van der Waals surface area contributed by atoms with Gasteiger partial charge >= 0.3 is 6.18 Å². The van der Waals surface area contributed by atoms with Gasteiger partial charge in [-0.1, -0.05) is 6.07 Å². The highest BCUT2D eigenvalue weighted by Gasteiger charge is 2.31. The molecule has 2 rings (SSSR count). The molecule has 2 N–H and O–H groups in total. The molecule has 0 amide bonds. The molecule has 0 atom stereocenters. The summed E-state index contributed by atoms with van der Waals surface area (Å²) >= 11 is 0. The Bertz CT molecular complexity index is 718. The first-order valence-electron chi connectivity index (χ1n) is 5.96. The third-order valence-electron chi connectivity index (χ3n) is 2.82. The van der Waals surface area contributed by atoms with Crippen LogP contribution in [0.4, 0.5) is 18.9 Å². The minimum absolute atomic E-state index is 0.0304. The average molecular weight is 292 g/mol. The lowest BCUT2D eigenvalue weighted by atomic mass is 10.1. The number of hydrogen-bond donors (Lipinski definition) is 1. The molecule has 0 saturated heterocycles. The van der Waals surface area contributed by atoms with Gasteiger partial charge in [0.2, 0.25) is 0 Å². The van der Waals surface area contributed by atoms with Crippen LogP contribution in [0.15, 0.2) is 36.4 Å². The summed E-state index contributed by atoms with van der Waals surface area (Å²) in [4.78, 5) is 0. The van der Waals surface area contributed by atoms with Crippen molar-refractivity contribution in [2.75, 3.05) is 5.73 Å². The average Bonchev–Trinajstić information content (AvgIpc) is 2.42. The van der Waals surface area contributed by atoms with E-state index in [9.17, 15) is 13.2 Å².